The van der Waals surface area contributed by atoms with Crippen LogP contribution in [0, 0.1) is 0 Å². The summed E-state index contributed by atoms with van der Waals surface area (Å²) in [5.74, 6) is 0.968. The summed E-state index contributed by atoms with van der Waals surface area (Å²) in [6, 6.07) is 0.567. The Morgan fingerprint density at radius 2 is 1.72 bits per heavy atom. The molecule has 0 aromatic carbocycles. The lowest BCUT2D eigenvalue weighted by atomic mass is 10.1. The van der Waals surface area contributed by atoms with Crippen LogP contribution in [0.15, 0.2) is 4.99 Å². The van der Waals surface area contributed by atoms with Gasteiger partial charge in [-0.25, -0.2) is 0 Å². The molecule has 0 spiro atoms. The first kappa shape index (κ1) is 22.9. The third-order valence-corrected chi connectivity index (χ3v) is 4.99. The topological polar surface area (TPSA) is 52.1 Å². The van der Waals surface area contributed by atoms with Crippen LogP contribution in [0.2, 0.25) is 0 Å². The zero-order valence-electron chi connectivity index (χ0n) is 16.1. The van der Waals surface area contributed by atoms with E-state index < -0.39 is 0 Å². The van der Waals surface area contributed by atoms with Crippen molar-refractivity contribution in [3.63, 3.8) is 0 Å². The molecule has 0 amide bonds. The van der Waals surface area contributed by atoms with E-state index in [-0.39, 0.29) is 24.0 Å². The zero-order valence-corrected chi connectivity index (χ0v) is 18.5. The van der Waals surface area contributed by atoms with Crippen LogP contribution in [-0.2, 0) is 4.74 Å². The van der Waals surface area contributed by atoms with Gasteiger partial charge < -0.3 is 20.3 Å². The van der Waals surface area contributed by atoms with E-state index in [1.165, 1.54) is 58.3 Å². The highest BCUT2D eigenvalue weighted by molar-refractivity contribution is 14.0. The number of hydrogen-bond acceptors (Lipinski definition) is 4. The molecule has 0 aromatic rings. The summed E-state index contributed by atoms with van der Waals surface area (Å²) >= 11 is 0. The first-order chi connectivity index (χ1) is 11.8. The normalized spacial score (nSPS) is 21.0. The average Bonchev–Trinajstić information content (AvgIpc) is 2.63. The fraction of sp³-hybridized carbons (Fsp3) is 0.944. The maximum Gasteiger partial charge on any atom is 0.191 e. The van der Waals surface area contributed by atoms with Crippen LogP contribution in [0.3, 0.4) is 0 Å². The Morgan fingerprint density at radius 3 is 2.36 bits per heavy atom. The minimum atomic E-state index is 0. The molecule has 0 saturated carbocycles. The number of nitrogens with zero attached hydrogens (tertiary/aromatic N) is 3. The summed E-state index contributed by atoms with van der Waals surface area (Å²) in [4.78, 5) is 9.45. The van der Waals surface area contributed by atoms with Gasteiger partial charge in [0.1, 0.15) is 0 Å². The summed E-state index contributed by atoms with van der Waals surface area (Å²) in [6.07, 6.45) is 6.12. The second-order valence-corrected chi connectivity index (χ2v) is 6.92. The van der Waals surface area contributed by atoms with E-state index in [1.54, 1.807) is 0 Å². The van der Waals surface area contributed by atoms with Gasteiger partial charge >= 0.3 is 0 Å². The molecule has 2 heterocycles. The molecule has 2 fully saturated rings. The Kier molecular flexibility index (Phi) is 12.8. The summed E-state index contributed by atoms with van der Waals surface area (Å²) in [6.45, 7) is 12.1. The van der Waals surface area contributed by atoms with Crippen molar-refractivity contribution in [3.05, 3.63) is 0 Å². The van der Waals surface area contributed by atoms with Gasteiger partial charge in [-0.1, -0.05) is 6.92 Å². The van der Waals surface area contributed by atoms with Crippen LogP contribution in [0.5, 0.6) is 0 Å². The standard InChI is InChI=1S/C18H37N5O.HI/c1-3-9-22-11-6-17(7-12-22)21-18(19-2)20-8-4-5-10-23-13-15-24-16-14-23;/h17H,3-16H2,1-2H3,(H2,19,20,21);1H. The summed E-state index contributed by atoms with van der Waals surface area (Å²) in [7, 11) is 1.87. The van der Waals surface area contributed by atoms with Crippen LogP contribution in [0.1, 0.15) is 39.0 Å². The van der Waals surface area contributed by atoms with Crippen molar-refractivity contribution in [1.82, 2.24) is 20.4 Å². The van der Waals surface area contributed by atoms with Crippen molar-refractivity contribution >= 4 is 29.9 Å². The highest BCUT2D eigenvalue weighted by Gasteiger charge is 2.19. The van der Waals surface area contributed by atoms with Gasteiger partial charge in [-0.05, 0) is 45.2 Å². The number of morpholine rings is 1. The van der Waals surface area contributed by atoms with E-state index in [0.29, 0.717) is 6.04 Å². The Balaban J connectivity index is 0.00000312. The predicted molar refractivity (Wildman–Crippen MR) is 116 cm³/mol. The fourth-order valence-electron chi connectivity index (χ4n) is 3.50. The second kappa shape index (κ2) is 14.0. The van der Waals surface area contributed by atoms with E-state index in [4.69, 9.17) is 4.74 Å². The number of aliphatic imine (C=N–C) groups is 1. The first-order valence-corrected chi connectivity index (χ1v) is 9.81. The molecule has 2 rings (SSSR count). The third-order valence-electron chi connectivity index (χ3n) is 4.99. The summed E-state index contributed by atoms with van der Waals surface area (Å²) < 4.78 is 5.38. The second-order valence-electron chi connectivity index (χ2n) is 6.92. The van der Waals surface area contributed by atoms with Crippen LogP contribution in [0.4, 0.5) is 0 Å². The largest absolute Gasteiger partial charge is 0.379 e. The van der Waals surface area contributed by atoms with Crippen LogP contribution < -0.4 is 10.6 Å². The monoisotopic (exact) mass is 467 g/mol. The maximum atomic E-state index is 5.38. The minimum absolute atomic E-state index is 0. The summed E-state index contributed by atoms with van der Waals surface area (Å²) in [5, 5.41) is 7.07. The predicted octanol–water partition coefficient (Wildman–Crippen LogP) is 1.76. The number of rotatable bonds is 8. The molecule has 0 radical (unpaired) electrons. The van der Waals surface area contributed by atoms with Crippen molar-refractivity contribution in [1.29, 1.82) is 0 Å². The highest BCUT2D eigenvalue weighted by Crippen LogP contribution is 2.10. The van der Waals surface area contributed by atoms with Gasteiger partial charge in [-0.2, -0.15) is 0 Å². The molecule has 0 aromatic heterocycles. The van der Waals surface area contributed by atoms with E-state index in [2.05, 4.69) is 32.3 Å². The van der Waals surface area contributed by atoms with Crippen molar-refractivity contribution in [3.8, 4) is 0 Å². The molecule has 0 atom stereocenters. The first-order valence-electron chi connectivity index (χ1n) is 9.81. The smallest absolute Gasteiger partial charge is 0.191 e. The number of likely N-dealkylation sites (tertiary alicyclic amines) is 1. The van der Waals surface area contributed by atoms with E-state index in [9.17, 15) is 0 Å². The molecule has 25 heavy (non-hydrogen) atoms. The summed E-state index contributed by atoms with van der Waals surface area (Å²) in [5.41, 5.74) is 0. The molecule has 148 valence electrons. The molecule has 6 nitrogen and oxygen atoms in total. The average molecular weight is 467 g/mol. The van der Waals surface area contributed by atoms with Crippen LogP contribution in [0.25, 0.3) is 0 Å². The van der Waals surface area contributed by atoms with Crippen molar-refractivity contribution < 1.29 is 4.74 Å². The molecular formula is C18H38IN5O. The molecule has 0 unspecified atom stereocenters. The number of guanidine groups is 1. The van der Waals surface area contributed by atoms with E-state index >= 15 is 0 Å². The number of nitrogens with one attached hydrogen (secondary N) is 2. The lowest BCUT2D eigenvalue weighted by molar-refractivity contribution is 0.0372. The molecule has 0 aliphatic carbocycles. The lowest BCUT2D eigenvalue weighted by Crippen LogP contribution is -2.48. The molecular weight excluding hydrogens is 429 g/mol. The van der Waals surface area contributed by atoms with Crippen molar-refractivity contribution in [2.45, 2.75) is 45.1 Å². The third kappa shape index (κ3) is 9.40. The Morgan fingerprint density at radius 1 is 1.04 bits per heavy atom. The van der Waals surface area contributed by atoms with E-state index in [0.717, 1.165) is 38.8 Å². The maximum absolute atomic E-state index is 5.38. The molecule has 7 heteroatoms. The van der Waals surface area contributed by atoms with Crippen LogP contribution >= 0.6 is 24.0 Å². The lowest BCUT2D eigenvalue weighted by Gasteiger charge is -2.32. The minimum Gasteiger partial charge on any atom is -0.379 e. The molecule has 2 saturated heterocycles. The van der Waals surface area contributed by atoms with Gasteiger partial charge in [0.25, 0.3) is 0 Å². The van der Waals surface area contributed by atoms with Gasteiger partial charge in [0.05, 0.1) is 13.2 Å². The van der Waals surface area contributed by atoms with Gasteiger partial charge in [-0.15, -0.1) is 24.0 Å². The Labute approximate surface area is 171 Å². The van der Waals surface area contributed by atoms with Crippen molar-refractivity contribution in [2.24, 2.45) is 4.99 Å². The van der Waals surface area contributed by atoms with Gasteiger partial charge in [0.2, 0.25) is 0 Å². The van der Waals surface area contributed by atoms with Gasteiger partial charge in [-0.3, -0.25) is 9.89 Å². The van der Waals surface area contributed by atoms with Crippen molar-refractivity contribution in [2.75, 3.05) is 66.1 Å². The molecule has 0 bridgehead atoms. The van der Waals surface area contributed by atoms with Crippen LogP contribution in [-0.4, -0.2) is 87.9 Å². The number of hydrogen-bond donors (Lipinski definition) is 2. The quantitative estimate of drug-likeness (QED) is 0.247. The Hall–Kier alpha value is -0.120. The fourth-order valence-corrected chi connectivity index (χ4v) is 3.50. The van der Waals surface area contributed by atoms with Gasteiger partial charge in [0.15, 0.2) is 5.96 Å². The molecule has 2 aliphatic heterocycles. The molecule has 2 N–H and O–H groups in total. The number of ether oxygens (including phenoxy) is 1. The van der Waals surface area contributed by atoms with E-state index in [1.807, 2.05) is 7.05 Å². The Bertz CT molecular complexity index is 355. The molecule has 2 aliphatic rings. The number of unbranched alkanes of at least 4 members (excludes halogenated alkanes) is 1. The SMILES string of the molecule is CCCN1CCC(NC(=NC)NCCCCN2CCOCC2)CC1.I. The van der Waals surface area contributed by atoms with Gasteiger partial charge in [0, 0.05) is 45.8 Å². The zero-order chi connectivity index (χ0) is 17.0. The number of halogens is 1. The highest BCUT2D eigenvalue weighted by atomic mass is 127. The number of piperidine rings is 1.